The molecule has 3 aromatic rings. The molecule has 0 bridgehead atoms. The molecule has 30 heavy (non-hydrogen) atoms. The Morgan fingerprint density at radius 1 is 1.10 bits per heavy atom. The van der Waals surface area contributed by atoms with Crippen molar-refractivity contribution in [1.82, 2.24) is 14.9 Å². The van der Waals surface area contributed by atoms with E-state index >= 15 is 0 Å². The van der Waals surface area contributed by atoms with E-state index in [-0.39, 0.29) is 11.7 Å². The molecule has 0 amide bonds. The summed E-state index contributed by atoms with van der Waals surface area (Å²) in [5.74, 6) is 1.07. The van der Waals surface area contributed by atoms with Gasteiger partial charge in [-0.2, -0.15) is 9.78 Å². The summed E-state index contributed by atoms with van der Waals surface area (Å²) in [5.41, 5.74) is 2.55. The maximum Gasteiger partial charge on any atom is 0.304 e. The van der Waals surface area contributed by atoms with Gasteiger partial charge in [-0.3, -0.25) is 4.79 Å². The molecule has 0 saturated carbocycles. The zero-order valence-corrected chi connectivity index (χ0v) is 17.3. The summed E-state index contributed by atoms with van der Waals surface area (Å²) < 4.78 is 12.4. The minimum absolute atomic E-state index is 0.0454. The van der Waals surface area contributed by atoms with E-state index in [1.165, 1.54) is 11.8 Å². The number of carboxylic acids is 1. The van der Waals surface area contributed by atoms with Gasteiger partial charge in [-0.1, -0.05) is 48.2 Å². The number of methoxy groups -OCH3 is 2. The second-order valence-corrected chi connectivity index (χ2v) is 7.80. The molecule has 0 fully saturated rings. The molecule has 2 aromatic carbocycles. The predicted molar refractivity (Wildman–Crippen MR) is 113 cm³/mol. The molecule has 2 heterocycles. The van der Waals surface area contributed by atoms with Crippen LogP contribution in [0.3, 0.4) is 0 Å². The third-order valence-electron chi connectivity index (χ3n) is 4.68. The summed E-state index contributed by atoms with van der Waals surface area (Å²) in [6, 6.07) is 15.3. The molecule has 1 N–H and O–H groups in total. The fourth-order valence-corrected chi connectivity index (χ4v) is 4.37. The van der Waals surface area contributed by atoms with Gasteiger partial charge >= 0.3 is 5.97 Å². The average molecular weight is 424 g/mol. The molecule has 154 valence electrons. The van der Waals surface area contributed by atoms with Crippen molar-refractivity contribution in [1.29, 1.82) is 0 Å². The quantitative estimate of drug-likeness (QED) is 0.622. The van der Waals surface area contributed by atoms with Gasteiger partial charge < -0.3 is 14.6 Å². The summed E-state index contributed by atoms with van der Waals surface area (Å²) in [5, 5.41) is 22.9. The summed E-state index contributed by atoms with van der Waals surface area (Å²) in [7, 11) is 3.19. The highest BCUT2D eigenvalue weighted by Gasteiger charge is 2.30. The molecular formula is C21H20N4O4S. The average Bonchev–Trinajstić information content (AvgIpc) is 3.14. The van der Waals surface area contributed by atoms with Crippen LogP contribution in [0.1, 0.15) is 23.4 Å². The van der Waals surface area contributed by atoms with Gasteiger partial charge in [-0.25, -0.2) is 0 Å². The number of ether oxygens (including phenoxy) is 2. The van der Waals surface area contributed by atoms with Crippen LogP contribution in [0.25, 0.3) is 0 Å². The van der Waals surface area contributed by atoms with Gasteiger partial charge in [-0.15, -0.1) is 10.2 Å². The number of aliphatic carboxylic acids is 1. The fourth-order valence-electron chi connectivity index (χ4n) is 3.26. The second-order valence-electron chi connectivity index (χ2n) is 6.63. The van der Waals surface area contributed by atoms with E-state index in [4.69, 9.17) is 14.6 Å². The van der Waals surface area contributed by atoms with Crippen LogP contribution in [0.2, 0.25) is 0 Å². The number of hydrogen-bond donors (Lipinski definition) is 1. The van der Waals surface area contributed by atoms with Gasteiger partial charge in [0.05, 0.1) is 31.6 Å². The minimum Gasteiger partial charge on any atom is -0.493 e. The lowest BCUT2D eigenvalue weighted by Gasteiger charge is -2.22. The van der Waals surface area contributed by atoms with Crippen LogP contribution in [0, 0.1) is 0 Å². The van der Waals surface area contributed by atoms with Crippen molar-refractivity contribution in [3.63, 3.8) is 0 Å². The monoisotopic (exact) mass is 424 g/mol. The first-order valence-corrected chi connectivity index (χ1v) is 10.1. The first-order valence-electron chi connectivity index (χ1n) is 9.27. The maximum absolute atomic E-state index is 11.4. The molecule has 9 heteroatoms. The normalized spacial score (nSPS) is 15.3. The van der Waals surface area contributed by atoms with Crippen LogP contribution >= 0.6 is 11.8 Å². The topological polar surface area (TPSA) is 98.8 Å². The largest absolute Gasteiger partial charge is 0.493 e. The fraction of sp³-hybridized carbons (Fsp3) is 0.238. The number of benzene rings is 2. The van der Waals surface area contributed by atoms with E-state index in [0.29, 0.717) is 34.6 Å². The van der Waals surface area contributed by atoms with E-state index in [9.17, 15) is 9.90 Å². The van der Waals surface area contributed by atoms with Gasteiger partial charge in [0.25, 0.3) is 0 Å². The van der Waals surface area contributed by atoms with E-state index < -0.39 is 5.97 Å². The van der Waals surface area contributed by atoms with Crippen LogP contribution in [0.4, 0.5) is 0 Å². The van der Waals surface area contributed by atoms with Gasteiger partial charge in [0.2, 0.25) is 5.16 Å². The standard InChI is InChI=1S/C21H20N4O4S/c1-28-15-9-8-13(10-16(15)29-2)11-18-22-23-21-25(18)24-20(14-6-4-3-5-7-14)17(30-21)12-19(26)27/h3-10,17H,11-12H2,1-2H3,(H,26,27)/t17-/m0/s1. The van der Waals surface area contributed by atoms with Crippen LogP contribution in [-0.4, -0.2) is 51.1 Å². The zero-order valence-electron chi connectivity index (χ0n) is 16.5. The number of thioether (sulfide) groups is 1. The molecule has 0 spiro atoms. The summed E-state index contributed by atoms with van der Waals surface area (Å²) in [6.45, 7) is 0. The van der Waals surface area contributed by atoms with Crippen LogP contribution < -0.4 is 9.47 Å². The van der Waals surface area contributed by atoms with Crippen molar-refractivity contribution >= 4 is 23.4 Å². The molecule has 0 aliphatic carbocycles. The summed E-state index contributed by atoms with van der Waals surface area (Å²) >= 11 is 1.37. The lowest BCUT2D eigenvalue weighted by atomic mass is 10.1. The van der Waals surface area contributed by atoms with Crippen molar-refractivity contribution in [3.05, 3.63) is 65.5 Å². The van der Waals surface area contributed by atoms with E-state index in [1.54, 1.807) is 18.9 Å². The highest BCUT2D eigenvalue weighted by molar-refractivity contribution is 8.00. The van der Waals surface area contributed by atoms with E-state index in [0.717, 1.165) is 11.1 Å². The van der Waals surface area contributed by atoms with E-state index in [1.807, 2.05) is 48.5 Å². The molecule has 0 radical (unpaired) electrons. The predicted octanol–water partition coefficient (Wildman–Crippen LogP) is 3.09. The number of hydrogen-bond acceptors (Lipinski definition) is 7. The Morgan fingerprint density at radius 2 is 1.87 bits per heavy atom. The Morgan fingerprint density at radius 3 is 2.57 bits per heavy atom. The number of nitrogens with zero attached hydrogens (tertiary/aromatic N) is 4. The number of aromatic nitrogens is 3. The van der Waals surface area contributed by atoms with Crippen LogP contribution in [0.5, 0.6) is 11.5 Å². The Balaban J connectivity index is 1.70. The maximum atomic E-state index is 11.4. The number of carboxylic acid groups (broad SMARTS) is 1. The van der Waals surface area contributed by atoms with Gasteiger partial charge in [0.15, 0.2) is 17.3 Å². The van der Waals surface area contributed by atoms with Gasteiger partial charge in [0.1, 0.15) is 0 Å². The molecule has 0 saturated heterocycles. The first kappa shape index (κ1) is 20.0. The highest BCUT2D eigenvalue weighted by Crippen LogP contribution is 2.33. The number of rotatable bonds is 7. The molecule has 0 unspecified atom stereocenters. The zero-order chi connectivity index (χ0) is 21.1. The van der Waals surface area contributed by atoms with Crippen molar-refractivity contribution in [3.8, 4) is 11.5 Å². The Kier molecular flexibility index (Phi) is 5.71. The lowest BCUT2D eigenvalue weighted by Crippen LogP contribution is -2.27. The third-order valence-corrected chi connectivity index (χ3v) is 5.82. The Hall–Kier alpha value is -3.33. The van der Waals surface area contributed by atoms with E-state index in [2.05, 4.69) is 10.2 Å². The minimum atomic E-state index is -0.880. The Bertz CT molecular complexity index is 1100. The molecule has 1 aliphatic rings. The second kappa shape index (κ2) is 8.58. The first-order chi connectivity index (χ1) is 14.6. The van der Waals surface area contributed by atoms with Crippen molar-refractivity contribution in [2.75, 3.05) is 14.2 Å². The van der Waals surface area contributed by atoms with Crippen molar-refractivity contribution in [2.24, 2.45) is 5.10 Å². The molecule has 1 aromatic heterocycles. The third kappa shape index (κ3) is 4.02. The summed E-state index contributed by atoms with van der Waals surface area (Å²) in [4.78, 5) is 11.4. The van der Waals surface area contributed by atoms with Crippen molar-refractivity contribution < 1.29 is 19.4 Å². The van der Waals surface area contributed by atoms with Gasteiger partial charge in [0, 0.05) is 6.42 Å². The molecule has 8 nitrogen and oxygen atoms in total. The Labute approximate surface area is 177 Å². The highest BCUT2D eigenvalue weighted by atomic mass is 32.2. The van der Waals surface area contributed by atoms with Crippen LogP contribution in [0.15, 0.2) is 58.8 Å². The molecule has 4 rings (SSSR count). The lowest BCUT2D eigenvalue weighted by molar-refractivity contribution is -0.136. The smallest absolute Gasteiger partial charge is 0.304 e. The van der Waals surface area contributed by atoms with Crippen LogP contribution in [-0.2, 0) is 11.2 Å². The summed E-state index contributed by atoms with van der Waals surface area (Å²) in [6.07, 6.45) is 0.444. The number of fused-ring (bicyclic) bond motifs is 1. The molecular weight excluding hydrogens is 404 g/mol. The van der Waals surface area contributed by atoms with Gasteiger partial charge in [-0.05, 0) is 23.3 Å². The molecule has 1 aliphatic heterocycles. The van der Waals surface area contributed by atoms with Crippen molar-refractivity contribution in [2.45, 2.75) is 23.2 Å². The molecule has 1 atom stereocenters. The SMILES string of the molecule is COc1ccc(Cc2nnc3n2N=C(c2ccccc2)[C@H](CC(=O)O)S3)cc1OC. The number of carbonyl (C=O) groups is 1.